The Morgan fingerprint density at radius 2 is 2.36 bits per heavy atom. The molecule has 4 heteroatoms. The molecule has 2 aromatic heterocycles. The van der Waals surface area contributed by atoms with Crippen LogP contribution in [-0.4, -0.2) is 22.8 Å². The summed E-state index contributed by atoms with van der Waals surface area (Å²) in [6.45, 7) is 2.86. The third kappa shape index (κ3) is 3.22. The zero-order valence-electron chi connectivity index (χ0n) is 13.2. The quantitative estimate of drug-likeness (QED) is 0.856. The van der Waals surface area contributed by atoms with E-state index in [1.807, 2.05) is 25.4 Å². The molecule has 0 aliphatic heterocycles. The molecular weight excluding hydrogens is 292 g/mol. The lowest BCUT2D eigenvalue weighted by atomic mass is 9.87. The second-order valence-electron chi connectivity index (χ2n) is 6.10. The van der Waals surface area contributed by atoms with E-state index in [2.05, 4.69) is 18.0 Å². The highest BCUT2D eigenvalue weighted by atomic mass is 32.1. The lowest BCUT2D eigenvalue weighted by Gasteiger charge is -2.19. The van der Waals surface area contributed by atoms with E-state index in [-0.39, 0.29) is 5.91 Å². The molecule has 22 heavy (non-hydrogen) atoms. The fraction of sp³-hybridized carbons (Fsp3) is 0.444. The average molecular weight is 314 g/mol. The molecule has 2 heterocycles. The number of pyridine rings is 1. The summed E-state index contributed by atoms with van der Waals surface area (Å²) < 4.78 is 0. The Morgan fingerprint density at radius 1 is 1.50 bits per heavy atom. The van der Waals surface area contributed by atoms with Gasteiger partial charge in [0.25, 0.3) is 5.91 Å². The lowest BCUT2D eigenvalue weighted by molar-refractivity contribution is 0.0789. The average Bonchev–Trinajstić information content (AvgIpc) is 2.97. The van der Waals surface area contributed by atoms with Crippen molar-refractivity contribution in [3.05, 3.63) is 51.5 Å². The van der Waals surface area contributed by atoms with E-state index in [0.29, 0.717) is 6.54 Å². The van der Waals surface area contributed by atoms with Gasteiger partial charge in [-0.2, -0.15) is 0 Å². The zero-order chi connectivity index (χ0) is 15.5. The van der Waals surface area contributed by atoms with Gasteiger partial charge in [0.15, 0.2) is 0 Å². The molecule has 0 spiro atoms. The molecule has 0 fully saturated rings. The Morgan fingerprint density at radius 3 is 3.09 bits per heavy atom. The van der Waals surface area contributed by atoms with Crippen LogP contribution in [0.2, 0.25) is 0 Å². The molecule has 1 aliphatic rings. The first-order chi connectivity index (χ1) is 10.7. The SMILES string of the molecule is CC[C@@H]1CCc2sc(C(=O)N(C)Cc3cccnc3)cc2C1. The van der Waals surface area contributed by atoms with Crippen molar-refractivity contribution in [1.29, 1.82) is 0 Å². The monoisotopic (exact) mass is 314 g/mol. The summed E-state index contributed by atoms with van der Waals surface area (Å²) in [5.41, 5.74) is 2.46. The van der Waals surface area contributed by atoms with Gasteiger partial charge in [-0.25, -0.2) is 0 Å². The van der Waals surface area contributed by atoms with E-state index in [0.717, 1.165) is 29.2 Å². The van der Waals surface area contributed by atoms with Crippen molar-refractivity contribution in [2.24, 2.45) is 5.92 Å². The van der Waals surface area contributed by atoms with E-state index in [1.54, 1.807) is 22.4 Å². The summed E-state index contributed by atoms with van der Waals surface area (Å²) in [5.74, 6) is 0.912. The maximum absolute atomic E-state index is 12.6. The first kappa shape index (κ1) is 15.2. The minimum atomic E-state index is 0.122. The normalized spacial score (nSPS) is 17.1. The second kappa shape index (κ2) is 6.61. The van der Waals surface area contributed by atoms with E-state index >= 15 is 0 Å². The Balaban J connectivity index is 1.71. The van der Waals surface area contributed by atoms with Crippen LogP contribution in [0.3, 0.4) is 0 Å². The first-order valence-electron chi connectivity index (χ1n) is 7.93. The molecule has 0 saturated heterocycles. The van der Waals surface area contributed by atoms with Gasteiger partial charge in [-0.15, -0.1) is 11.3 Å². The lowest BCUT2D eigenvalue weighted by Crippen LogP contribution is -2.25. The molecular formula is C18H22N2OS. The topological polar surface area (TPSA) is 33.2 Å². The van der Waals surface area contributed by atoms with Gasteiger partial charge in [-0.1, -0.05) is 19.4 Å². The number of aryl methyl sites for hydroxylation is 1. The summed E-state index contributed by atoms with van der Waals surface area (Å²) in [5, 5.41) is 0. The predicted octanol–water partition coefficient (Wildman–Crippen LogP) is 3.93. The van der Waals surface area contributed by atoms with Crippen molar-refractivity contribution >= 4 is 17.2 Å². The fourth-order valence-electron chi connectivity index (χ4n) is 3.08. The second-order valence-corrected chi connectivity index (χ2v) is 7.24. The zero-order valence-corrected chi connectivity index (χ0v) is 14.0. The maximum Gasteiger partial charge on any atom is 0.263 e. The highest BCUT2D eigenvalue weighted by Crippen LogP contribution is 2.34. The third-order valence-corrected chi connectivity index (χ3v) is 5.69. The van der Waals surface area contributed by atoms with Crippen LogP contribution in [0.1, 0.15) is 45.4 Å². The summed E-state index contributed by atoms with van der Waals surface area (Å²) >= 11 is 1.69. The summed E-state index contributed by atoms with van der Waals surface area (Å²) in [6, 6.07) is 6.04. The number of carbonyl (C=O) groups is 1. The number of amides is 1. The van der Waals surface area contributed by atoms with Crippen LogP contribution in [-0.2, 0) is 19.4 Å². The van der Waals surface area contributed by atoms with Gasteiger partial charge >= 0.3 is 0 Å². The van der Waals surface area contributed by atoms with Crippen LogP contribution in [0.25, 0.3) is 0 Å². The molecule has 0 saturated carbocycles. The van der Waals surface area contributed by atoms with Crippen LogP contribution < -0.4 is 0 Å². The van der Waals surface area contributed by atoms with Crippen molar-refractivity contribution < 1.29 is 4.79 Å². The van der Waals surface area contributed by atoms with Gasteiger partial charge in [0.05, 0.1) is 4.88 Å². The highest BCUT2D eigenvalue weighted by Gasteiger charge is 2.23. The Kier molecular flexibility index (Phi) is 4.57. The maximum atomic E-state index is 12.6. The summed E-state index contributed by atoms with van der Waals surface area (Å²) in [4.78, 5) is 20.8. The number of hydrogen-bond donors (Lipinski definition) is 0. The highest BCUT2D eigenvalue weighted by molar-refractivity contribution is 7.14. The number of fused-ring (bicyclic) bond motifs is 1. The van der Waals surface area contributed by atoms with Gasteiger partial charge in [-0.3, -0.25) is 9.78 Å². The van der Waals surface area contributed by atoms with E-state index in [9.17, 15) is 4.79 Å². The Hall–Kier alpha value is -1.68. The summed E-state index contributed by atoms with van der Waals surface area (Å²) in [6.07, 6.45) is 8.35. The Bertz CT molecular complexity index is 650. The molecule has 0 radical (unpaired) electrons. The van der Waals surface area contributed by atoms with Gasteiger partial charge in [0.1, 0.15) is 0 Å². The van der Waals surface area contributed by atoms with E-state index < -0.39 is 0 Å². The van der Waals surface area contributed by atoms with Crippen molar-refractivity contribution in [2.75, 3.05) is 7.05 Å². The number of nitrogens with zero attached hydrogens (tertiary/aromatic N) is 2. The molecule has 0 aromatic carbocycles. The van der Waals surface area contributed by atoms with Gasteiger partial charge in [0, 0.05) is 30.9 Å². The molecule has 0 N–H and O–H groups in total. The molecule has 1 amide bonds. The number of aromatic nitrogens is 1. The van der Waals surface area contributed by atoms with Crippen molar-refractivity contribution in [2.45, 2.75) is 39.2 Å². The van der Waals surface area contributed by atoms with E-state index in [1.165, 1.54) is 23.3 Å². The standard InChI is InChI=1S/C18H22N2OS/c1-3-13-6-7-16-15(9-13)10-17(22-16)18(21)20(2)12-14-5-4-8-19-11-14/h4-5,8,10-11,13H,3,6-7,9,12H2,1-2H3/t13-/m1/s1. The third-order valence-electron chi connectivity index (χ3n) is 4.46. The molecule has 1 atom stereocenters. The number of rotatable bonds is 4. The van der Waals surface area contributed by atoms with Crippen LogP contribution in [0.4, 0.5) is 0 Å². The van der Waals surface area contributed by atoms with Crippen molar-refractivity contribution in [1.82, 2.24) is 9.88 Å². The van der Waals surface area contributed by atoms with Crippen LogP contribution in [0.15, 0.2) is 30.6 Å². The van der Waals surface area contributed by atoms with Gasteiger partial charge in [0.2, 0.25) is 0 Å². The van der Waals surface area contributed by atoms with Crippen molar-refractivity contribution in [3.8, 4) is 0 Å². The Labute approximate surface area is 136 Å². The van der Waals surface area contributed by atoms with Crippen LogP contribution in [0.5, 0.6) is 0 Å². The number of thiophene rings is 1. The van der Waals surface area contributed by atoms with Gasteiger partial charge < -0.3 is 4.90 Å². The number of carbonyl (C=O) groups excluding carboxylic acids is 1. The molecule has 0 bridgehead atoms. The molecule has 1 aliphatic carbocycles. The van der Waals surface area contributed by atoms with Crippen molar-refractivity contribution in [3.63, 3.8) is 0 Å². The first-order valence-corrected chi connectivity index (χ1v) is 8.75. The van der Waals surface area contributed by atoms with Crippen LogP contribution in [0, 0.1) is 5.92 Å². The molecule has 3 rings (SSSR count). The summed E-state index contributed by atoms with van der Waals surface area (Å²) in [7, 11) is 1.86. The minimum Gasteiger partial charge on any atom is -0.337 e. The van der Waals surface area contributed by atoms with E-state index in [4.69, 9.17) is 0 Å². The molecule has 0 unspecified atom stereocenters. The van der Waals surface area contributed by atoms with Crippen LogP contribution >= 0.6 is 11.3 Å². The molecule has 3 nitrogen and oxygen atoms in total. The molecule has 2 aromatic rings. The predicted molar refractivity (Wildman–Crippen MR) is 90.2 cm³/mol. The molecule has 116 valence electrons. The smallest absolute Gasteiger partial charge is 0.263 e. The fourth-order valence-corrected chi connectivity index (χ4v) is 4.28. The number of hydrogen-bond acceptors (Lipinski definition) is 3. The minimum absolute atomic E-state index is 0.122. The van der Waals surface area contributed by atoms with Gasteiger partial charge in [-0.05, 0) is 48.4 Å². The largest absolute Gasteiger partial charge is 0.337 e.